The lowest BCUT2D eigenvalue weighted by atomic mass is 10.2. The van der Waals surface area contributed by atoms with Crippen LogP contribution in [0.4, 0.5) is 5.69 Å². The van der Waals surface area contributed by atoms with Crippen LogP contribution in [0, 0.1) is 0 Å². The van der Waals surface area contributed by atoms with Crippen LogP contribution in [-0.2, 0) is 4.79 Å². The summed E-state index contributed by atoms with van der Waals surface area (Å²) >= 11 is 0. The van der Waals surface area contributed by atoms with Crippen molar-refractivity contribution >= 4 is 23.4 Å². The van der Waals surface area contributed by atoms with Crippen molar-refractivity contribution in [1.29, 1.82) is 0 Å². The van der Waals surface area contributed by atoms with Gasteiger partial charge in [0, 0.05) is 0 Å². The summed E-state index contributed by atoms with van der Waals surface area (Å²) in [7, 11) is 0. The van der Waals surface area contributed by atoms with Gasteiger partial charge in [0.05, 0.1) is 17.7 Å². The quantitative estimate of drug-likeness (QED) is 0.752. The van der Waals surface area contributed by atoms with Gasteiger partial charge in [-0.25, -0.2) is 4.79 Å². The van der Waals surface area contributed by atoms with E-state index >= 15 is 0 Å². The van der Waals surface area contributed by atoms with Crippen LogP contribution in [0.15, 0.2) is 29.4 Å². The van der Waals surface area contributed by atoms with Crippen molar-refractivity contribution in [3.8, 4) is 0 Å². The average Bonchev–Trinajstić information content (AvgIpc) is 2.58. The van der Waals surface area contributed by atoms with Crippen molar-refractivity contribution in [2.45, 2.75) is 6.42 Å². The smallest absolute Gasteiger partial charge is 0.335 e. The highest BCUT2D eigenvalue weighted by Gasteiger charge is 2.23. The Labute approximate surface area is 91.0 Å². The van der Waals surface area contributed by atoms with E-state index < -0.39 is 5.97 Å². The van der Waals surface area contributed by atoms with Gasteiger partial charge < -0.3 is 10.8 Å². The number of anilines is 1. The number of amidine groups is 1. The Morgan fingerprint density at radius 2 is 2.00 bits per heavy atom. The maximum Gasteiger partial charge on any atom is 0.335 e. The molecule has 1 heterocycles. The number of nitrogens with two attached hydrogens (primary N) is 1. The molecule has 0 atom stereocenters. The predicted molar refractivity (Wildman–Crippen MR) is 57.1 cm³/mol. The summed E-state index contributed by atoms with van der Waals surface area (Å²) in [4.78, 5) is 22.0. The zero-order chi connectivity index (χ0) is 11.7. The number of carboxylic acid groups (broad SMARTS) is 1. The first-order chi connectivity index (χ1) is 7.58. The van der Waals surface area contributed by atoms with Crippen LogP contribution in [0.5, 0.6) is 0 Å². The third-order valence-corrected chi connectivity index (χ3v) is 2.16. The molecule has 3 N–H and O–H groups in total. The topological polar surface area (TPSA) is 96.0 Å². The molecule has 0 aromatic heterocycles. The second-order valence-electron chi connectivity index (χ2n) is 3.33. The van der Waals surface area contributed by atoms with Crippen LogP contribution in [-0.4, -0.2) is 22.8 Å². The summed E-state index contributed by atoms with van der Waals surface area (Å²) in [5, 5.41) is 13.7. The fourth-order valence-electron chi connectivity index (χ4n) is 1.40. The van der Waals surface area contributed by atoms with Gasteiger partial charge in [-0.2, -0.15) is 10.1 Å². The van der Waals surface area contributed by atoms with Gasteiger partial charge in [-0.05, 0) is 24.3 Å². The normalized spacial score (nSPS) is 15.1. The second kappa shape index (κ2) is 3.65. The van der Waals surface area contributed by atoms with Gasteiger partial charge in [-0.3, -0.25) is 4.79 Å². The van der Waals surface area contributed by atoms with Crippen molar-refractivity contribution in [3.63, 3.8) is 0 Å². The molecular formula is C10H9N3O3. The lowest BCUT2D eigenvalue weighted by molar-refractivity contribution is -0.116. The first-order valence-corrected chi connectivity index (χ1v) is 4.57. The maximum absolute atomic E-state index is 11.4. The number of carbonyl (C=O) groups excluding carboxylic acids is 1. The van der Waals surface area contributed by atoms with E-state index in [1.54, 1.807) is 0 Å². The number of hydrazone groups is 1. The van der Waals surface area contributed by atoms with Crippen molar-refractivity contribution in [2.24, 2.45) is 10.8 Å². The minimum absolute atomic E-state index is 0.0979. The summed E-state index contributed by atoms with van der Waals surface area (Å²) in [6.07, 6.45) is 0.0979. The first kappa shape index (κ1) is 10.2. The molecule has 0 radical (unpaired) electrons. The zero-order valence-electron chi connectivity index (χ0n) is 8.25. The van der Waals surface area contributed by atoms with Gasteiger partial charge in [0.15, 0.2) is 0 Å². The van der Waals surface area contributed by atoms with E-state index in [2.05, 4.69) is 5.10 Å². The number of benzene rings is 1. The number of carbonyl (C=O) groups is 2. The largest absolute Gasteiger partial charge is 0.478 e. The summed E-state index contributed by atoms with van der Waals surface area (Å²) in [5.41, 5.74) is 6.09. The number of rotatable bonds is 2. The molecule has 0 spiro atoms. The Kier molecular flexibility index (Phi) is 2.32. The van der Waals surface area contributed by atoms with E-state index in [0.29, 0.717) is 5.69 Å². The lowest BCUT2D eigenvalue weighted by Crippen LogP contribution is -2.19. The highest BCUT2D eigenvalue weighted by molar-refractivity contribution is 6.11. The number of nitrogens with zero attached hydrogens (tertiary/aromatic N) is 2. The molecule has 0 aliphatic carbocycles. The zero-order valence-corrected chi connectivity index (χ0v) is 8.25. The Hall–Kier alpha value is -2.37. The second-order valence-corrected chi connectivity index (χ2v) is 3.33. The third kappa shape index (κ3) is 1.72. The number of carboxylic acids is 1. The molecule has 16 heavy (non-hydrogen) atoms. The SMILES string of the molecule is NC1=NN(c2ccc(C(=O)O)cc2)C(=O)C1. The molecule has 6 heteroatoms. The molecule has 2 rings (SSSR count). The van der Waals surface area contributed by atoms with Crippen LogP contribution in [0.3, 0.4) is 0 Å². The molecule has 6 nitrogen and oxygen atoms in total. The van der Waals surface area contributed by atoms with Gasteiger partial charge in [-0.1, -0.05) is 0 Å². The maximum atomic E-state index is 11.4. The molecule has 1 aromatic rings. The molecule has 1 aliphatic rings. The molecule has 0 unspecified atom stereocenters. The third-order valence-electron chi connectivity index (χ3n) is 2.16. The molecule has 0 bridgehead atoms. The lowest BCUT2D eigenvalue weighted by Gasteiger charge is -2.10. The molecule has 0 saturated heterocycles. The van der Waals surface area contributed by atoms with Crippen molar-refractivity contribution in [1.82, 2.24) is 0 Å². The van der Waals surface area contributed by atoms with E-state index in [0.717, 1.165) is 0 Å². The number of aromatic carboxylic acids is 1. The van der Waals surface area contributed by atoms with Gasteiger partial charge in [0.25, 0.3) is 5.91 Å². The minimum atomic E-state index is -1.01. The Balaban J connectivity index is 2.29. The summed E-state index contributed by atoms with van der Waals surface area (Å²) < 4.78 is 0. The van der Waals surface area contributed by atoms with E-state index in [1.165, 1.54) is 29.3 Å². The summed E-state index contributed by atoms with van der Waals surface area (Å²) in [6, 6.07) is 5.86. The van der Waals surface area contributed by atoms with Gasteiger partial charge >= 0.3 is 5.97 Å². The Morgan fingerprint density at radius 1 is 1.38 bits per heavy atom. The molecule has 0 saturated carbocycles. The Morgan fingerprint density at radius 3 is 2.44 bits per heavy atom. The Bertz CT molecular complexity index is 479. The number of amides is 1. The average molecular weight is 219 g/mol. The van der Waals surface area contributed by atoms with Crippen LogP contribution in [0.25, 0.3) is 0 Å². The summed E-state index contributed by atoms with van der Waals surface area (Å²) in [5.74, 6) is -0.977. The highest BCUT2D eigenvalue weighted by Crippen LogP contribution is 2.19. The number of hydrogen-bond acceptors (Lipinski definition) is 4. The standard InChI is InChI=1S/C10H9N3O3/c11-8-5-9(14)13(12-8)7-3-1-6(2-4-7)10(15)16/h1-4H,5H2,(H2,11,12)(H,15,16). The molecule has 1 amide bonds. The predicted octanol–water partition coefficient (Wildman–Crippen LogP) is 0.394. The van der Waals surface area contributed by atoms with Crippen LogP contribution in [0.1, 0.15) is 16.8 Å². The van der Waals surface area contributed by atoms with Gasteiger partial charge in [0.2, 0.25) is 0 Å². The van der Waals surface area contributed by atoms with E-state index in [4.69, 9.17) is 10.8 Å². The highest BCUT2D eigenvalue weighted by atomic mass is 16.4. The fourth-order valence-corrected chi connectivity index (χ4v) is 1.40. The van der Waals surface area contributed by atoms with E-state index in [1.807, 2.05) is 0 Å². The monoisotopic (exact) mass is 219 g/mol. The summed E-state index contributed by atoms with van der Waals surface area (Å²) in [6.45, 7) is 0. The van der Waals surface area contributed by atoms with Gasteiger partial charge in [-0.15, -0.1) is 0 Å². The van der Waals surface area contributed by atoms with E-state index in [9.17, 15) is 9.59 Å². The first-order valence-electron chi connectivity index (χ1n) is 4.57. The molecule has 82 valence electrons. The number of hydrogen-bond donors (Lipinski definition) is 2. The van der Waals surface area contributed by atoms with Gasteiger partial charge in [0.1, 0.15) is 5.84 Å². The van der Waals surface area contributed by atoms with Crippen molar-refractivity contribution in [3.05, 3.63) is 29.8 Å². The van der Waals surface area contributed by atoms with Crippen molar-refractivity contribution in [2.75, 3.05) is 5.01 Å². The molecular weight excluding hydrogens is 210 g/mol. The minimum Gasteiger partial charge on any atom is -0.478 e. The van der Waals surface area contributed by atoms with Crippen LogP contribution in [0.2, 0.25) is 0 Å². The van der Waals surface area contributed by atoms with Crippen LogP contribution >= 0.6 is 0 Å². The molecule has 1 aliphatic heterocycles. The van der Waals surface area contributed by atoms with Crippen LogP contribution < -0.4 is 10.7 Å². The van der Waals surface area contributed by atoms with Crippen molar-refractivity contribution < 1.29 is 14.7 Å². The molecule has 0 fully saturated rings. The van der Waals surface area contributed by atoms with E-state index in [-0.39, 0.29) is 23.7 Å². The fraction of sp³-hybridized carbons (Fsp3) is 0.100. The molecule has 1 aromatic carbocycles.